The van der Waals surface area contributed by atoms with Gasteiger partial charge in [-0.15, -0.1) is 0 Å². The molecule has 0 heterocycles. The predicted molar refractivity (Wildman–Crippen MR) is 54.0 cm³/mol. The molecule has 0 aromatic heterocycles. The van der Waals surface area contributed by atoms with E-state index in [4.69, 9.17) is 5.73 Å². The maximum absolute atomic E-state index is 12.9. The highest BCUT2D eigenvalue weighted by molar-refractivity contribution is 9.10. The summed E-state index contributed by atoms with van der Waals surface area (Å²) in [5.74, 6) is -1.93. The third kappa shape index (κ3) is 2.56. The molecule has 0 atom stereocenters. The lowest BCUT2D eigenvalue weighted by atomic mass is 10.2. The topological polar surface area (TPSA) is 63.3 Å². The van der Waals surface area contributed by atoms with Crippen molar-refractivity contribution in [1.29, 1.82) is 0 Å². The van der Waals surface area contributed by atoms with E-state index >= 15 is 0 Å². The van der Waals surface area contributed by atoms with Crippen molar-refractivity contribution in [2.24, 2.45) is 5.73 Å². The van der Waals surface area contributed by atoms with Crippen LogP contribution in [-0.2, 0) is 4.79 Å². The first kappa shape index (κ1) is 10.7. The highest BCUT2D eigenvalue weighted by atomic mass is 79.9. The maximum Gasteiger partial charge on any atom is 0.241 e. The minimum Gasteiger partial charge on any atom is -0.504 e. The molecule has 14 heavy (non-hydrogen) atoms. The van der Waals surface area contributed by atoms with E-state index in [1.54, 1.807) is 0 Å². The van der Waals surface area contributed by atoms with Gasteiger partial charge >= 0.3 is 0 Å². The molecule has 74 valence electrons. The lowest BCUT2D eigenvalue weighted by molar-refractivity contribution is -0.113. The van der Waals surface area contributed by atoms with Crippen molar-refractivity contribution < 1.29 is 14.3 Å². The first-order valence-corrected chi connectivity index (χ1v) is 4.45. The zero-order valence-corrected chi connectivity index (χ0v) is 8.58. The van der Waals surface area contributed by atoms with E-state index in [2.05, 4.69) is 15.9 Å². The number of hydrogen-bond donors (Lipinski definition) is 2. The molecule has 3 N–H and O–H groups in total. The Kier molecular flexibility index (Phi) is 3.24. The first-order chi connectivity index (χ1) is 6.50. The molecule has 0 aliphatic heterocycles. The van der Waals surface area contributed by atoms with Crippen molar-refractivity contribution >= 4 is 27.9 Å². The average Bonchev–Trinajstić information content (AvgIpc) is 2.08. The molecule has 1 aromatic rings. The fourth-order valence-electron chi connectivity index (χ4n) is 0.885. The Hall–Kier alpha value is -1.36. The number of carbonyl (C=O) groups excluding carboxylic acids is 1. The van der Waals surface area contributed by atoms with Crippen LogP contribution in [0.4, 0.5) is 4.39 Å². The molecule has 3 nitrogen and oxygen atoms in total. The molecule has 0 saturated carbocycles. The maximum atomic E-state index is 12.9. The van der Waals surface area contributed by atoms with Gasteiger partial charge in [0.2, 0.25) is 5.91 Å². The number of phenolic OH excluding ortho intramolecular Hbond substituents is 1. The van der Waals surface area contributed by atoms with Crippen LogP contribution in [0.5, 0.6) is 5.75 Å². The minimum absolute atomic E-state index is 0.190. The Morgan fingerprint density at radius 2 is 2.21 bits per heavy atom. The molecule has 0 spiro atoms. The van der Waals surface area contributed by atoms with Crippen molar-refractivity contribution in [3.63, 3.8) is 0 Å². The second-order valence-corrected chi connectivity index (χ2v) is 3.48. The van der Waals surface area contributed by atoms with Gasteiger partial charge in [-0.05, 0) is 18.2 Å². The normalized spacial score (nSPS) is 10.7. The number of primary amides is 1. The Balaban J connectivity index is 3.14. The summed E-state index contributed by atoms with van der Waals surface area (Å²) in [6.45, 7) is 0. The van der Waals surface area contributed by atoms with Crippen LogP contribution >= 0.6 is 15.9 Å². The summed E-state index contributed by atoms with van der Waals surface area (Å²) in [6.07, 6.45) is 2.28. The highest BCUT2D eigenvalue weighted by Gasteiger charge is 2.06. The largest absolute Gasteiger partial charge is 0.504 e. The molecular weight excluding hydrogens is 253 g/mol. The van der Waals surface area contributed by atoms with Gasteiger partial charge in [-0.1, -0.05) is 15.9 Å². The Bertz CT molecular complexity index is 404. The Labute approximate surface area is 88.2 Å². The van der Waals surface area contributed by atoms with Gasteiger partial charge in [0.1, 0.15) is 0 Å². The van der Waals surface area contributed by atoms with E-state index in [-0.39, 0.29) is 5.56 Å². The second kappa shape index (κ2) is 4.23. The van der Waals surface area contributed by atoms with E-state index in [1.807, 2.05) is 0 Å². The molecule has 0 fully saturated rings. The SMILES string of the molecule is NC(=O)C=Cc1cc(Br)cc(F)c1O. The fourth-order valence-corrected chi connectivity index (χ4v) is 1.33. The standard InChI is InChI=1S/C9H7BrFNO2/c10-6-3-5(1-2-8(12)13)9(14)7(11)4-6/h1-4,14H,(H2,12,13). The third-order valence-corrected chi connectivity index (χ3v) is 1.94. The summed E-state index contributed by atoms with van der Waals surface area (Å²) in [5, 5.41) is 9.24. The molecule has 5 heteroatoms. The average molecular weight is 260 g/mol. The molecule has 0 unspecified atom stereocenters. The molecule has 1 amide bonds. The molecule has 0 aliphatic rings. The van der Waals surface area contributed by atoms with Crippen LogP contribution in [0.3, 0.4) is 0 Å². The zero-order valence-electron chi connectivity index (χ0n) is 7.00. The van der Waals surface area contributed by atoms with Gasteiger partial charge < -0.3 is 10.8 Å². The number of hydrogen-bond acceptors (Lipinski definition) is 2. The van der Waals surface area contributed by atoms with Gasteiger partial charge in [-0.3, -0.25) is 4.79 Å². The van der Waals surface area contributed by atoms with Crippen LogP contribution in [0.2, 0.25) is 0 Å². The minimum atomic E-state index is -0.761. The smallest absolute Gasteiger partial charge is 0.241 e. The third-order valence-electron chi connectivity index (χ3n) is 1.48. The molecule has 0 saturated heterocycles. The van der Waals surface area contributed by atoms with E-state index in [1.165, 1.54) is 12.1 Å². The van der Waals surface area contributed by atoms with Crippen molar-refractivity contribution in [3.05, 3.63) is 34.1 Å². The summed E-state index contributed by atoms with van der Waals surface area (Å²) in [7, 11) is 0. The van der Waals surface area contributed by atoms with E-state index in [0.717, 1.165) is 12.1 Å². The number of nitrogens with two attached hydrogens (primary N) is 1. The summed E-state index contributed by atoms with van der Waals surface area (Å²) < 4.78 is 13.4. The summed E-state index contributed by atoms with van der Waals surface area (Å²) in [6, 6.07) is 2.59. The lowest BCUT2D eigenvalue weighted by Gasteiger charge is -2.01. The van der Waals surface area contributed by atoms with Gasteiger partial charge in [0, 0.05) is 16.1 Å². The van der Waals surface area contributed by atoms with Crippen molar-refractivity contribution in [3.8, 4) is 5.75 Å². The van der Waals surface area contributed by atoms with Gasteiger partial charge in [-0.25, -0.2) is 4.39 Å². The zero-order chi connectivity index (χ0) is 10.7. The van der Waals surface area contributed by atoms with Crippen molar-refractivity contribution in [1.82, 2.24) is 0 Å². The highest BCUT2D eigenvalue weighted by Crippen LogP contribution is 2.26. The predicted octanol–water partition coefficient (Wildman–Crippen LogP) is 1.79. The van der Waals surface area contributed by atoms with Crippen LogP contribution in [0.1, 0.15) is 5.56 Å². The lowest BCUT2D eigenvalue weighted by Crippen LogP contribution is -2.05. The summed E-state index contributed by atoms with van der Waals surface area (Å²) in [5.41, 5.74) is 5.04. The van der Waals surface area contributed by atoms with E-state index in [0.29, 0.717) is 4.47 Å². The molecular formula is C9H7BrFNO2. The molecule has 0 aliphatic carbocycles. The summed E-state index contributed by atoms with van der Waals surface area (Å²) >= 11 is 3.05. The Morgan fingerprint density at radius 3 is 2.79 bits per heavy atom. The second-order valence-electron chi connectivity index (χ2n) is 2.56. The molecule has 0 bridgehead atoms. The quantitative estimate of drug-likeness (QED) is 0.796. The van der Waals surface area contributed by atoms with Crippen LogP contribution in [0, 0.1) is 5.82 Å². The van der Waals surface area contributed by atoms with Gasteiger partial charge in [0.15, 0.2) is 11.6 Å². The van der Waals surface area contributed by atoms with Crippen LogP contribution in [0.25, 0.3) is 6.08 Å². The van der Waals surface area contributed by atoms with Gasteiger partial charge in [0.25, 0.3) is 0 Å². The number of rotatable bonds is 2. The molecule has 0 radical (unpaired) electrons. The number of halogens is 2. The van der Waals surface area contributed by atoms with Crippen molar-refractivity contribution in [2.75, 3.05) is 0 Å². The van der Waals surface area contributed by atoms with Crippen LogP contribution < -0.4 is 5.73 Å². The molecule has 1 rings (SSSR count). The van der Waals surface area contributed by atoms with E-state index in [9.17, 15) is 14.3 Å². The fraction of sp³-hybridized carbons (Fsp3) is 0. The number of carbonyl (C=O) groups is 1. The number of amides is 1. The van der Waals surface area contributed by atoms with Crippen molar-refractivity contribution in [2.45, 2.75) is 0 Å². The Morgan fingerprint density at radius 1 is 1.57 bits per heavy atom. The number of aromatic hydroxyl groups is 1. The van der Waals surface area contributed by atoms with Crippen LogP contribution in [0.15, 0.2) is 22.7 Å². The number of phenols is 1. The van der Waals surface area contributed by atoms with Gasteiger partial charge in [-0.2, -0.15) is 0 Å². The van der Waals surface area contributed by atoms with Gasteiger partial charge in [0.05, 0.1) is 0 Å². The summed E-state index contributed by atoms with van der Waals surface area (Å²) in [4.78, 5) is 10.4. The van der Waals surface area contributed by atoms with E-state index < -0.39 is 17.5 Å². The van der Waals surface area contributed by atoms with Crippen LogP contribution in [-0.4, -0.2) is 11.0 Å². The monoisotopic (exact) mass is 259 g/mol. The molecule has 1 aromatic carbocycles. The number of benzene rings is 1. The first-order valence-electron chi connectivity index (χ1n) is 3.66.